The van der Waals surface area contributed by atoms with Gasteiger partial charge in [0.2, 0.25) is 5.13 Å². The second-order valence-corrected chi connectivity index (χ2v) is 7.14. The molecule has 0 saturated heterocycles. The van der Waals surface area contributed by atoms with Gasteiger partial charge in [-0.05, 0) is 25.0 Å². The highest BCUT2D eigenvalue weighted by Gasteiger charge is 2.15. The van der Waals surface area contributed by atoms with E-state index >= 15 is 0 Å². The third-order valence-electron chi connectivity index (χ3n) is 3.99. The van der Waals surface area contributed by atoms with Gasteiger partial charge in [0.1, 0.15) is 11.0 Å². The second kappa shape index (κ2) is 7.09. The lowest BCUT2D eigenvalue weighted by Gasteiger charge is -2.07. The Morgan fingerprint density at radius 2 is 2.00 bits per heavy atom. The zero-order valence-corrected chi connectivity index (χ0v) is 15.4. The van der Waals surface area contributed by atoms with Crippen LogP contribution in [0.3, 0.4) is 0 Å². The minimum Gasteiger partial charge on any atom is -0.313 e. The molecule has 3 heterocycles. The van der Waals surface area contributed by atoms with Crippen molar-refractivity contribution >= 4 is 22.3 Å². The third-order valence-corrected chi connectivity index (χ3v) is 5.00. The molecule has 1 atom stereocenters. The van der Waals surface area contributed by atoms with E-state index < -0.39 is 0 Å². The van der Waals surface area contributed by atoms with Crippen molar-refractivity contribution in [2.24, 2.45) is 0 Å². The minimum absolute atomic E-state index is 0.0485. The molecule has 3 aromatic heterocycles. The fourth-order valence-electron chi connectivity index (χ4n) is 2.61. The normalized spacial score (nSPS) is 12.2. The van der Waals surface area contributed by atoms with E-state index in [1.807, 2.05) is 59.1 Å². The fraction of sp³-hybridized carbons (Fsp3) is 0.222. The maximum absolute atomic E-state index is 4.54. The summed E-state index contributed by atoms with van der Waals surface area (Å²) >= 11 is 1.51. The topological polar surface area (TPSA) is 73.5 Å². The van der Waals surface area contributed by atoms with E-state index in [0.29, 0.717) is 0 Å². The highest BCUT2D eigenvalue weighted by atomic mass is 32.1. The maximum Gasteiger partial charge on any atom is 0.211 e. The quantitative estimate of drug-likeness (QED) is 0.565. The molecule has 0 amide bonds. The largest absolute Gasteiger partial charge is 0.313 e. The lowest BCUT2D eigenvalue weighted by atomic mass is 10.2. The van der Waals surface area contributed by atoms with Gasteiger partial charge in [0, 0.05) is 18.5 Å². The molecule has 26 heavy (non-hydrogen) atoms. The molecule has 0 bridgehead atoms. The maximum atomic E-state index is 4.54. The molecule has 0 aliphatic heterocycles. The smallest absolute Gasteiger partial charge is 0.211 e. The van der Waals surface area contributed by atoms with Crippen molar-refractivity contribution in [3.8, 4) is 0 Å². The van der Waals surface area contributed by atoms with E-state index in [4.69, 9.17) is 0 Å². The number of aryl methyl sites for hydroxylation is 1. The summed E-state index contributed by atoms with van der Waals surface area (Å²) in [6.07, 6.45) is 5.80. The average molecular weight is 365 g/mol. The number of hydrogen-bond acceptors (Lipinski definition) is 6. The van der Waals surface area contributed by atoms with Crippen molar-refractivity contribution in [3.05, 3.63) is 71.1 Å². The van der Waals surface area contributed by atoms with Crippen LogP contribution in [0.4, 0.5) is 10.9 Å². The SMILES string of the molecule is Cc1cnn([C@H](C)c2nnc(Nc3ccn(Cc4ccccc4)n3)s2)c1. The van der Waals surface area contributed by atoms with Crippen LogP contribution < -0.4 is 5.32 Å². The first-order chi connectivity index (χ1) is 12.7. The van der Waals surface area contributed by atoms with Gasteiger partial charge in [-0.1, -0.05) is 41.7 Å². The Bertz CT molecular complexity index is 986. The molecule has 1 N–H and O–H groups in total. The van der Waals surface area contributed by atoms with Crippen LogP contribution in [-0.4, -0.2) is 29.8 Å². The van der Waals surface area contributed by atoms with Crippen LogP contribution in [-0.2, 0) is 6.54 Å². The van der Waals surface area contributed by atoms with Gasteiger partial charge in [-0.2, -0.15) is 10.2 Å². The predicted octanol–water partition coefficient (Wildman–Crippen LogP) is 3.64. The van der Waals surface area contributed by atoms with Crippen LogP contribution in [0.15, 0.2) is 55.0 Å². The van der Waals surface area contributed by atoms with Crippen LogP contribution in [0.5, 0.6) is 0 Å². The molecule has 8 heteroatoms. The van der Waals surface area contributed by atoms with Crippen molar-refractivity contribution in [2.75, 3.05) is 5.32 Å². The molecular formula is C18H19N7S. The van der Waals surface area contributed by atoms with E-state index in [1.165, 1.54) is 16.9 Å². The summed E-state index contributed by atoms with van der Waals surface area (Å²) in [7, 11) is 0. The summed E-state index contributed by atoms with van der Waals surface area (Å²) in [5, 5.41) is 22.2. The monoisotopic (exact) mass is 365 g/mol. The summed E-state index contributed by atoms with van der Waals surface area (Å²) in [5.74, 6) is 0.756. The summed E-state index contributed by atoms with van der Waals surface area (Å²) in [6, 6.07) is 12.2. The molecule has 0 spiro atoms. The van der Waals surface area contributed by atoms with E-state index in [2.05, 4.69) is 44.8 Å². The summed E-state index contributed by atoms with van der Waals surface area (Å²) in [4.78, 5) is 0. The fourth-order valence-corrected chi connectivity index (χ4v) is 3.40. The van der Waals surface area contributed by atoms with Crippen LogP contribution in [0.1, 0.15) is 29.1 Å². The van der Waals surface area contributed by atoms with E-state index in [-0.39, 0.29) is 6.04 Å². The Labute approximate surface area is 155 Å². The van der Waals surface area contributed by atoms with Crippen LogP contribution >= 0.6 is 11.3 Å². The van der Waals surface area contributed by atoms with Crippen molar-refractivity contribution < 1.29 is 0 Å². The number of nitrogens with zero attached hydrogens (tertiary/aromatic N) is 6. The van der Waals surface area contributed by atoms with Crippen molar-refractivity contribution in [1.82, 2.24) is 29.8 Å². The number of anilines is 2. The molecule has 0 unspecified atom stereocenters. The van der Waals surface area contributed by atoms with Crippen LogP contribution in [0.25, 0.3) is 0 Å². The van der Waals surface area contributed by atoms with Gasteiger partial charge in [0.25, 0.3) is 0 Å². The zero-order valence-electron chi connectivity index (χ0n) is 14.6. The standard InChI is InChI=1S/C18H19N7S/c1-13-10-19-25(11-13)14(2)17-21-22-18(26-17)20-16-8-9-24(23-16)12-15-6-4-3-5-7-15/h3-11,14H,12H2,1-2H3,(H,20,22,23)/t14-/m1/s1. The third kappa shape index (κ3) is 3.65. The van der Waals surface area contributed by atoms with E-state index in [9.17, 15) is 0 Å². The first-order valence-electron chi connectivity index (χ1n) is 8.36. The molecule has 1 aromatic carbocycles. The molecule has 0 aliphatic carbocycles. The van der Waals surface area contributed by atoms with Crippen molar-refractivity contribution in [3.63, 3.8) is 0 Å². The number of aromatic nitrogens is 6. The van der Waals surface area contributed by atoms with Gasteiger partial charge in [0.05, 0.1) is 12.7 Å². The minimum atomic E-state index is 0.0485. The first-order valence-corrected chi connectivity index (χ1v) is 9.17. The first kappa shape index (κ1) is 16.5. The summed E-state index contributed by atoms with van der Waals surface area (Å²) in [6.45, 7) is 4.82. The Hall–Kier alpha value is -3.00. The van der Waals surface area contributed by atoms with Gasteiger partial charge in [-0.3, -0.25) is 9.36 Å². The lowest BCUT2D eigenvalue weighted by molar-refractivity contribution is 0.557. The predicted molar refractivity (Wildman–Crippen MR) is 102 cm³/mol. The number of nitrogens with one attached hydrogen (secondary N) is 1. The molecule has 7 nitrogen and oxygen atoms in total. The summed E-state index contributed by atoms with van der Waals surface area (Å²) < 4.78 is 3.79. The molecule has 4 aromatic rings. The molecule has 4 rings (SSSR count). The molecule has 0 radical (unpaired) electrons. The summed E-state index contributed by atoms with van der Waals surface area (Å²) in [5.41, 5.74) is 2.34. The molecule has 132 valence electrons. The van der Waals surface area contributed by atoms with Crippen molar-refractivity contribution in [2.45, 2.75) is 26.4 Å². The van der Waals surface area contributed by atoms with Gasteiger partial charge in [0.15, 0.2) is 5.82 Å². The molecule has 0 saturated carbocycles. The molecular weight excluding hydrogens is 346 g/mol. The van der Waals surface area contributed by atoms with Gasteiger partial charge in [-0.15, -0.1) is 10.2 Å². The Balaban J connectivity index is 1.43. The lowest BCUT2D eigenvalue weighted by Crippen LogP contribution is -2.06. The van der Waals surface area contributed by atoms with Gasteiger partial charge in [-0.25, -0.2) is 0 Å². The second-order valence-electron chi connectivity index (χ2n) is 6.13. The Morgan fingerprint density at radius 3 is 2.77 bits per heavy atom. The average Bonchev–Trinajstić information content (AvgIpc) is 3.38. The zero-order chi connectivity index (χ0) is 17.9. The number of rotatable bonds is 6. The number of benzene rings is 1. The highest BCUT2D eigenvalue weighted by molar-refractivity contribution is 7.15. The highest BCUT2D eigenvalue weighted by Crippen LogP contribution is 2.26. The molecule has 0 aliphatic rings. The molecule has 0 fully saturated rings. The Morgan fingerprint density at radius 1 is 1.15 bits per heavy atom. The number of hydrogen-bond donors (Lipinski definition) is 1. The van der Waals surface area contributed by atoms with Gasteiger partial charge >= 0.3 is 0 Å². The van der Waals surface area contributed by atoms with E-state index in [0.717, 1.165) is 28.1 Å². The van der Waals surface area contributed by atoms with Gasteiger partial charge < -0.3 is 5.32 Å². The van der Waals surface area contributed by atoms with Crippen LogP contribution in [0, 0.1) is 6.92 Å². The Kier molecular flexibility index (Phi) is 4.49. The van der Waals surface area contributed by atoms with E-state index in [1.54, 1.807) is 0 Å². The van der Waals surface area contributed by atoms with Crippen molar-refractivity contribution in [1.29, 1.82) is 0 Å². The van der Waals surface area contributed by atoms with Crippen LogP contribution in [0.2, 0.25) is 0 Å².